The maximum Gasteiger partial charge on any atom is 0.222 e. The number of nitrogens with zero attached hydrogens (tertiary/aromatic N) is 2. The van der Waals surface area contributed by atoms with Crippen LogP contribution in [0.5, 0.6) is 0 Å². The molecule has 32 heavy (non-hydrogen) atoms. The number of piperidine rings is 2. The molecule has 2 saturated carbocycles. The standard InChI is InChI=1S/C28H39N3O/c1-28-14-11-23-22-8-6-21(18-19(22)5-7-24(23)25(28)9-10-26(28)29)30-16-12-20(13-17-30)31-15-3-2-4-27(31)32/h6,8,18,20,23-25,29H,2-5,7,9-17H2,1H3. The van der Waals surface area contributed by atoms with Crippen molar-refractivity contribution in [2.24, 2.45) is 17.3 Å². The zero-order valence-corrected chi connectivity index (χ0v) is 19.7. The molecule has 0 radical (unpaired) electrons. The number of amides is 1. The third kappa shape index (κ3) is 3.23. The number of fused-ring (bicyclic) bond motifs is 5. The van der Waals surface area contributed by atoms with Crippen LogP contribution in [-0.2, 0) is 11.2 Å². The predicted octanol–water partition coefficient (Wildman–Crippen LogP) is 5.54. The van der Waals surface area contributed by atoms with Crippen molar-refractivity contribution in [3.63, 3.8) is 0 Å². The lowest BCUT2D eigenvalue weighted by atomic mass is 9.55. The fourth-order valence-electron chi connectivity index (χ4n) is 8.23. The van der Waals surface area contributed by atoms with E-state index >= 15 is 0 Å². The van der Waals surface area contributed by atoms with Gasteiger partial charge in [-0.05, 0) is 105 Å². The molecule has 4 atom stereocenters. The van der Waals surface area contributed by atoms with Gasteiger partial charge in [0.2, 0.25) is 5.91 Å². The van der Waals surface area contributed by atoms with E-state index in [1.54, 1.807) is 11.1 Å². The second kappa shape index (κ2) is 7.88. The number of anilines is 1. The second-order valence-corrected chi connectivity index (χ2v) is 11.5. The second-order valence-electron chi connectivity index (χ2n) is 11.5. The number of carbonyl (C=O) groups is 1. The minimum atomic E-state index is 0.193. The van der Waals surface area contributed by atoms with E-state index in [9.17, 15) is 4.79 Å². The van der Waals surface area contributed by atoms with Crippen molar-refractivity contribution in [3.8, 4) is 0 Å². The first-order valence-corrected chi connectivity index (χ1v) is 13.3. The van der Waals surface area contributed by atoms with Gasteiger partial charge in [-0.3, -0.25) is 4.79 Å². The summed E-state index contributed by atoms with van der Waals surface area (Å²) in [7, 11) is 0. The van der Waals surface area contributed by atoms with E-state index in [-0.39, 0.29) is 5.41 Å². The molecule has 2 saturated heterocycles. The van der Waals surface area contributed by atoms with Crippen molar-refractivity contribution >= 4 is 17.3 Å². The van der Waals surface area contributed by atoms with Gasteiger partial charge in [0.15, 0.2) is 0 Å². The number of hydrogen-bond donors (Lipinski definition) is 1. The molecular weight excluding hydrogens is 394 g/mol. The summed E-state index contributed by atoms with van der Waals surface area (Å²) in [4.78, 5) is 17.1. The highest BCUT2D eigenvalue weighted by Crippen LogP contribution is 2.59. The van der Waals surface area contributed by atoms with Crippen LogP contribution >= 0.6 is 0 Å². The Kier molecular flexibility index (Phi) is 5.11. The summed E-state index contributed by atoms with van der Waals surface area (Å²) < 4.78 is 0. The Hall–Kier alpha value is -1.84. The van der Waals surface area contributed by atoms with Gasteiger partial charge in [-0.1, -0.05) is 13.0 Å². The third-order valence-corrected chi connectivity index (χ3v) is 10.1. The molecule has 4 nitrogen and oxygen atoms in total. The van der Waals surface area contributed by atoms with Gasteiger partial charge in [-0.15, -0.1) is 0 Å². The molecule has 1 N–H and O–H groups in total. The van der Waals surface area contributed by atoms with E-state index < -0.39 is 0 Å². The molecule has 1 amide bonds. The number of carbonyl (C=O) groups excluding carboxylic acids is 1. The fourth-order valence-corrected chi connectivity index (χ4v) is 8.23. The summed E-state index contributed by atoms with van der Waals surface area (Å²) in [5, 5.41) is 8.53. The van der Waals surface area contributed by atoms with Crippen molar-refractivity contribution in [3.05, 3.63) is 29.3 Å². The van der Waals surface area contributed by atoms with Crippen molar-refractivity contribution < 1.29 is 4.79 Å². The normalized spacial score (nSPS) is 35.5. The van der Waals surface area contributed by atoms with Crippen LogP contribution in [0.15, 0.2) is 18.2 Å². The van der Waals surface area contributed by atoms with Crippen LogP contribution in [0.3, 0.4) is 0 Å². The van der Waals surface area contributed by atoms with Gasteiger partial charge in [0.25, 0.3) is 0 Å². The Morgan fingerprint density at radius 3 is 2.62 bits per heavy atom. The van der Waals surface area contributed by atoms with Crippen molar-refractivity contribution in [1.29, 1.82) is 5.41 Å². The number of nitrogens with one attached hydrogen (secondary N) is 1. The van der Waals surface area contributed by atoms with Gasteiger partial charge >= 0.3 is 0 Å². The first kappa shape index (κ1) is 20.7. The monoisotopic (exact) mass is 433 g/mol. The van der Waals surface area contributed by atoms with Crippen LogP contribution in [0, 0.1) is 22.7 Å². The molecule has 3 aliphatic carbocycles. The number of aryl methyl sites for hydroxylation is 1. The van der Waals surface area contributed by atoms with Gasteiger partial charge < -0.3 is 15.2 Å². The number of likely N-dealkylation sites (tertiary alicyclic amines) is 1. The first-order chi connectivity index (χ1) is 15.5. The molecule has 1 aromatic carbocycles. The molecule has 6 rings (SSSR count). The van der Waals surface area contributed by atoms with E-state index in [4.69, 9.17) is 5.41 Å². The highest BCUT2D eigenvalue weighted by molar-refractivity contribution is 5.89. The SMILES string of the molecule is CC12CCC3c4ccc(N5CCC(N6CCCCC6=O)CC5)cc4CCC3C1CCC2=N. The van der Waals surface area contributed by atoms with Crippen LogP contribution in [0.1, 0.15) is 88.2 Å². The minimum Gasteiger partial charge on any atom is -0.371 e. The molecular formula is C28H39N3O. The average Bonchev–Trinajstić information content (AvgIpc) is 3.13. The summed E-state index contributed by atoms with van der Waals surface area (Å²) >= 11 is 0. The molecule has 0 spiro atoms. The molecule has 4 heteroatoms. The summed E-state index contributed by atoms with van der Waals surface area (Å²) in [5.74, 6) is 2.62. The van der Waals surface area contributed by atoms with Gasteiger partial charge in [0.05, 0.1) is 0 Å². The topological polar surface area (TPSA) is 47.4 Å². The summed E-state index contributed by atoms with van der Waals surface area (Å²) in [6.45, 7) is 5.51. The maximum absolute atomic E-state index is 12.3. The molecule has 1 aromatic rings. The van der Waals surface area contributed by atoms with Crippen LogP contribution < -0.4 is 4.90 Å². The van der Waals surface area contributed by atoms with Gasteiger partial charge in [0.1, 0.15) is 0 Å². The Balaban J connectivity index is 1.15. The molecule has 4 fully saturated rings. The highest BCUT2D eigenvalue weighted by atomic mass is 16.2. The Morgan fingerprint density at radius 2 is 1.81 bits per heavy atom. The smallest absolute Gasteiger partial charge is 0.222 e. The van der Waals surface area contributed by atoms with Crippen LogP contribution in [-0.4, -0.2) is 42.2 Å². The van der Waals surface area contributed by atoms with Gasteiger partial charge in [-0.25, -0.2) is 0 Å². The summed E-state index contributed by atoms with van der Waals surface area (Å²) in [6, 6.07) is 7.81. The summed E-state index contributed by atoms with van der Waals surface area (Å²) in [5.41, 5.74) is 5.84. The zero-order valence-electron chi connectivity index (χ0n) is 19.7. The number of hydrogen-bond acceptors (Lipinski definition) is 3. The molecule has 4 unspecified atom stereocenters. The Labute approximate surface area is 193 Å². The molecule has 2 heterocycles. The highest BCUT2D eigenvalue weighted by Gasteiger charge is 2.52. The third-order valence-electron chi connectivity index (χ3n) is 10.1. The predicted molar refractivity (Wildman–Crippen MR) is 130 cm³/mol. The van der Waals surface area contributed by atoms with E-state index in [2.05, 4.69) is 34.9 Å². The first-order valence-electron chi connectivity index (χ1n) is 13.3. The fraction of sp³-hybridized carbons (Fsp3) is 0.714. The molecule has 172 valence electrons. The lowest BCUT2D eigenvalue weighted by Gasteiger charge is -2.49. The lowest BCUT2D eigenvalue weighted by Crippen LogP contribution is -2.49. The van der Waals surface area contributed by atoms with Crippen LogP contribution in [0.2, 0.25) is 0 Å². The van der Waals surface area contributed by atoms with Crippen molar-refractivity contribution in [1.82, 2.24) is 4.90 Å². The molecule has 0 aromatic heterocycles. The maximum atomic E-state index is 12.3. The van der Waals surface area contributed by atoms with Gasteiger partial charge in [0, 0.05) is 48.9 Å². The minimum absolute atomic E-state index is 0.193. The Morgan fingerprint density at radius 1 is 0.969 bits per heavy atom. The Bertz CT molecular complexity index is 917. The van der Waals surface area contributed by atoms with E-state index in [1.807, 2.05) is 0 Å². The average molecular weight is 434 g/mol. The quantitative estimate of drug-likeness (QED) is 0.665. The summed E-state index contributed by atoms with van der Waals surface area (Å²) in [6.07, 6.45) is 12.5. The largest absolute Gasteiger partial charge is 0.371 e. The van der Waals surface area contributed by atoms with Crippen LogP contribution in [0.25, 0.3) is 0 Å². The van der Waals surface area contributed by atoms with E-state index in [0.717, 1.165) is 69.3 Å². The molecule has 0 bridgehead atoms. The van der Waals surface area contributed by atoms with Crippen molar-refractivity contribution in [2.45, 2.75) is 89.5 Å². The lowest BCUT2D eigenvalue weighted by molar-refractivity contribution is -0.136. The van der Waals surface area contributed by atoms with E-state index in [1.165, 1.54) is 44.2 Å². The van der Waals surface area contributed by atoms with Crippen molar-refractivity contribution in [2.75, 3.05) is 24.5 Å². The number of benzene rings is 1. The van der Waals surface area contributed by atoms with Gasteiger partial charge in [-0.2, -0.15) is 0 Å². The molecule has 2 aliphatic heterocycles. The number of rotatable bonds is 2. The molecule has 5 aliphatic rings. The van der Waals surface area contributed by atoms with E-state index in [0.29, 0.717) is 17.9 Å². The van der Waals surface area contributed by atoms with Crippen LogP contribution in [0.4, 0.5) is 5.69 Å². The zero-order chi connectivity index (χ0) is 21.9.